The molecule has 0 aromatic carbocycles. The molecule has 0 bridgehead atoms. The lowest BCUT2D eigenvalue weighted by molar-refractivity contribution is -0.142. The number of aliphatic carboxylic acids is 1. The number of carbonyl (C=O) groups is 1. The van der Waals surface area contributed by atoms with E-state index in [1.165, 1.54) is 0 Å². The van der Waals surface area contributed by atoms with Gasteiger partial charge in [-0.25, -0.2) is 0 Å². The first-order chi connectivity index (χ1) is 5.72. The van der Waals surface area contributed by atoms with E-state index in [4.69, 9.17) is 5.11 Å². The molecule has 2 nitrogen and oxygen atoms in total. The Kier molecular flexibility index (Phi) is 6.82. The first kappa shape index (κ1) is 11.5. The highest BCUT2D eigenvalue weighted by Gasteiger charge is 2.14. The van der Waals surface area contributed by atoms with Crippen LogP contribution in [-0.2, 0) is 4.79 Å². The molecule has 0 aliphatic rings. The lowest BCUT2D eigenvalue weighted by Crippen LogP contribution is -2.13. The van der Waals surface area contributed by atoms with Crippen LogP contribution in [0.5, 0.6) is 0 Å². The Morgan fingerprint density at radius 1 is 1.42 bits per heavy atom. The SMILES string of the molecule is [CH2]CCC(CCCCC)C(=O)O. The van der Waals surface area contributed by atoms with Crippen molar-refractivity contribution in [3.63, 3.8) is 0 Å². The fourth-order valence-electron chi connectivity index (χ4n) is 1.28. The molecule has 0 rings (SSSR count). The van der Waals surface area contributed by atoms with E-state index in [0.29, 0.717) is 0 Å². The third kappa shape index (κ3) is 5.16. The van der Waals surface area contributed by atoms with Crippen LogP contribution in [0, 0.1) is 12.8 Å². The molecule has 0 saturated heterocycles. The molecule has 0 aromatic heterocycles. The third-order valence-electron chi connectivity index (χ3n) is 2.06. The van der Waals surface area contributed by atoms with Crippen molar-refractivity contribution in [3.8, 4) is 0 Å². The van der Waals surface area contributed by atoms with Gasteiger partial charge < -0.3 is 5.11 Å². The Balaban J connectivity index is 3.56. The fourth-order valence-corrected chi connectivity index (χ4v) is 1.28. The van der Waals surface area contributed by atoms with E-state index in [0.717, 1.165) is 38.5 Å². The van der Waals surface area contributed by atoms with Gasteiger partial charge in [-0.15, -0.1) is 0 Å². The summed E-state index contributed by atoms with van der Waals surface area (Å²) in [6.45, 7) is 5.79. The molecule has 71 valence electrons. The first-order valence-electron chi connectivity index (χ1n) is 4.74. The van der Waals surface area contributed by atoms with E-state index >= 15 is 0 Å². The van der Waals surface area contributed by atoms with Crippen LogP contribution >= 0.6 is 0 Å². The van der Waals surface area contributed by atoms with Gasteiger partial charge in [0, 0.05) is 0 Å². The zero-order valence-electron chi connectivity index (χ0n) is 7.88. The average Bonchev–Trinajstić information content (AvgIpc) is 2.03. The van der Waals surface area contributed by atoms with Crippen LogP contribution in [0.25, 0.3) is 0 Å². The molecule has 1 atom stereocenters. The Bertz CT molecular complexity index is 121. The van der Waals surface area contributed by atoms with Crippen LogP contribution in [0.1, 0.15) is 45.4 Å². The zero-order valence-corrected chi connectivity index (χ0v) is 7.88. The molecule has 0 amide bonds. The summed E-state index contributed by atoms with van der Waals surface area (Å²) in [5.41, 5.74) is 0. The number of carboxylic acid groups (broad SMARTS) is 1. The van der Waals surface area contributed by atoms with Gasteiger partial charge in [0.05, 0.1) is 5.92 Å². The summed E-state index contributed by atoms with van der Waals surface area (Å²) < 4.78 is 0. The van der Waals surface area contributed by atoms with Crippen molar-refractivity contribution in [1.82, 2.24) is 0 Å². The van der Waals surface area contributed by atoms with Crippen LogP contribution in [0.2, 0.25) is 0 Å². The van der Waals surface area contributed by atoms with Gasteiger partial charge in [-0.05, 0) is 12.8 Å². The maximum absolute atomic E-state index is 10.7. The lowest BCUT2D eigenvalue weighted by atomic mass is 9.97. The predicted octanol–water partition coefficient (Wildman–Crippen LogP) is 2.88. The first-order valence-corrected chi connectivity index (χ1v) is 4.74. The lowest BCUT2D eigenvalue weighted by Gasteiger charge is -2.09. The summed E-state index contributed by atoms with van der Waals surface area (Å²) >= 11 is 0. The van der Waals surface area contributed by atoms with Crippen LogP contribution in [0.4, 0.5) is 0 Å². The molecule has 0 spiro atoms. The van der Waals surface area contributed by atoms with Crippen LogP contribution in [0.3, 0.4) is 0 Å². The molecule has 1 radical (unpaired) electrons. The van der Waals surface area contributed by atoms with Crippen molar-refractivity contribution in [2.24, 2.45) is 5.92 Å². The Morgan fingerprint density at radius 2 is 2.08 bits per heavy atom. The van der Waals surface area contributed by atoms with Crippen molar-refractivity contribution in [2.45, 2.75) is 45.4 Å². The molecule has 2 heteroatoms. The quantitative estimate of drug-likeness (QED) is 0.598. The van der Waals surface area contributed by atoms with Gasteiger partial charge in [0.25, 0.3) is 0 Å². The van der Waals surface area contributed by atoms with Gasteiger partial charge in [-0.3, -0.25) is 4.79 Å². The second-order valence-corrected chi connectivity index (χ2v) is 3.17. The molecular formula is C10H19O2. The molecule has 0 aliphatic heterocycles. The second kappa shape index (κ2) is 7.14. The molecule has 1 N–H and O–H groups in total. The van der Waals surface area contributed by atoms with Crippen molar-refractivity contribution < 1.29 is 9.90 Å². The minimum absolute atomic E-state index is 0.158. The maximum atomic E-state index is 10.7. The zero-order chi connectivity index (χ0) is 9.40. The number of unbranched alkanes of at least 4 members (excludes halogenated alkanes) is 2. The van der Waals surface area contributed by atoms with Gasteiger partial charge >= 0.3 is 5.97 Å². The van der Waals surface area contributed by atoms with Gasteiger partial charge in [-0.2, -0.15) is 0 Å². The van der Waals surface area contributed by atoms with E-state index in [9.17, 15) is 4.79 Å². The molecule has 1 unspecified atom stereocenters. The largest absolute Gasteiger partial charge is 0.481 e. The van der Waals surface area contributed by atoms with Gasteiger partial charge in [0.15, 0.2) is 0 Å². The van der Waals surface area contributed by atoms with E-state index in [1.54, 1.807) is 0 Å². The summed E-state index contributed by atoms with van der Waals surface area (Å²) in [6.07, 6.45) is 5.59. The topological polar surface area (TPSA) is 37.3 Å². The summed E-state index contributed by atoms with van der Waals surface area (Å²) in [5, 5.41) is 8.78. The molecule has 0 aromatic rings. The summed E-state index contributed by atoms with van der Waals surface area (Å²) in [6, 6.07) is 0. The minimum Gasteiger partial charge on any atom is -0.481 e. The number of hydrogen-bond donors (Lipinski definition) is 1. The predicted molar refractivity (Wildman–Crippen MR) is 49.9 cm³/mol. The van der Waals surface area contributed by atoms with Gasteiger partial charge in [0.1, 0.15) is 0 Å². The molecular weight excluding hydrogens is 152 g/mol. The molecule has 0 fully saturated rings. The van der Waals surface area contributed by atoms with Crippen molar-refractivity contribution in [1.29, 1.82) is 0 Å². The summed E-state index contributed by atoms with van der Waals surface area (Å²) in [5.74, 6) is -0.816. The summed E-state index contributed by atoms with van der Waals surface area (Å²) in [7, 11) is 0. The van der Waals surface area contributed by atoms with Crippen LogP contribution in [0.15, 0.2) is 0 Å². The van der Waals surface area contributed by atoms with Gasteiger partial charge in [0.2, 0.25) is 0 Å². The standard InChI is InChI=1S/C10H19O2/c1-3-5-6-8-9(7-4-2)10(11)12/h9H,2-8H2,1H3,(H,11,12). The minimum atomic E-state index is -0.658. The third-order valence-corrected chi connectivity index (χ3v) is 2.06. The highest BCUT2D eigenvalue weighted by atomic mass is 16.4. The Morgan fingerprint density at radius 3 is 2.50 bits per heavy atom. The van der Waals surface area contributed by atoms with E-state index < -0.39 is 5.97 Å². The molecule has 12 heavy (non-hydrogen) atoms. The number of hydrogen-bond acceptors (Lipinski definition) is 1. The molecule has 0 heterocycles. The molecule has 0 aliphatic carbocycles. The maximum Gasteiger partial charge on any atom is 0.306 e. The Hall–Kier alpha value is -0.530. The van der Waals surface area contributed by atoms with E-state index in [1.807, 2.05) is 0 Å². The fraction of sp³-hybridized carbons (Fsp3) is 0.800. The highest BCUT2D eigenvalue weighted by Crippen LogP contribution is 2.15. The smallest absolute Gasteiger partial charge is 0.306 e. The van der Waals surface area contributed by atoms with Crippen LogP contribution < -0.4 is 0 Å². The summed E-state index contributed by atoms with van der Waals surface area (Å²) in [4.78, 5) is 10.7. The number of carboxylic acids is 1. The second-order valence-electron chi connectivity index (χ2n) is 3.17. The van der Waals surface area contributed by atoms with E-state index in [-0.39, 0.29) is 5.92 Å². The highest BCUT2D eigenvalue weighted by molar-refractivity contribution is 5.69. The van der Waals surface area contributed by atoms with Crippen molar-refractivity contribution >= 4 is 5.97 Å². The Labute approximate surface area is 75.0 Å². The number of rotatable bonds is 7. The van der Waals surface area contributed by atoms with Crippen molar-refractivity contribution in [3.05, 3.63) is 6.92 Å². The van der Waals surface area contributed by atoms with Gasteiger partial charge in [-0.1, -0.05) is 39.5 Å². The normalized spacial score (nSPS) is 12.8. The van der Waals surface area contributed by atoms with Crippen LogP contribution in [-0.4, -0.2) is 11.1 Å². The van der Waals surface area contributed by atoms with Crippen molar-refractivity contribution in [2.75, 3.05) is 0 Å². The average molecular weight is 171 g/mol. The van der Waals surface area contributed by atoms with E-state index in [2.05, 4.69) is 13.8 Å². The monoisotopic (exact) mass is 171 g/mol. The molecule has 0 saturated carbocycles.